The summed E-state index contributed by atoms with van der Waals surface area (Å²) in [6, 6.07) is 24.3. The van der Waals surface area contributed by atoms with Crippen molar-refractivity contribution in [2.75, 3.05) is 0 Å². The standard InChI is InChI=1S/C21H12ClNO/c22-17-9-7-14-8-10-19-20(18(14)12-17)24-21(23-19)16-6-5-13-3-1-2-4-15(13)11-16/h1-12H. The van der Waals surface area contributed by atoms with E-state index in [4.69, 9.17) is 16.0 Å². The van der Waals surface area contributed by atoms with Crippen LogP contribution in [0, 0.1) is 0 Å². The van der Waals surface area contributed by atoms with Crippen LogP contribution in [0.4, 0.5) is 0 Å². The molecule has 0 radical (unpaired) electrons. The third-order valence-electron chi connectivity index (χ3n) is 4.33. The fraction of sp³-hybridized carbons (Fsp3) is 0. The molecule has 5 aromatic rings. The lowest BCUT2D eigenvalue weighted by Gasteiger charge is -2.00. The Bertz CT molecular complexity index is 1220. The molecule has 0 atom stereocenters. The van der Waals surface area contributed by atoms with Crippen molar-refractivity contribution in [1.29, 1.82) is 0 Å². The van der Waals surface area contributed by atoms with Gasteiger partial charge < -0.3 is 4.42 Å². The summed E-state index contributed by atoms with van der Waals surface area (Å²) in [5.74, 6) is 0.628. The Morgan fingerprint density at radius 3 is 2.46 bits per heavy atom. The summed E-state index contributed by atoms with van der Waals surface area (Å²) < 4.78 is 6.10. The summed E-state index contributed by atoms with van der Waals surface area (Å²) in [6.07, 6.45) is 0. The molecule has 0 saturated carbocycles. The van der Waals surface area contributed by atoms with Gasteiger partial charge in [-0.15, -0.1) is 0 Å². The van der Waals surface area contributed by atoms with Crippen LogP contribution in [-0.4, -0.2) is 4.98 Å². The number of fused-ring (bicyclic) bond motifs is 4. The molecule has 0 N–H and O–H groups in total. The quantitative estimate of drug-likeness (QED) is 0.353. The van der Waals surface area contributed by atoms with Gasteiger partial charge in [0.05, 0.1) is 0 Å². The minimum absolute atomic E-state index is 0.628. The largest absolute Gasteiger partial charge is 0.435 e. The average molecular weight is 330 g/mol. The molecule has 3 heteroatoms. The number of hydrogen-bond donors (Lipinski definition) is 0. The van der Waals surface area contributed by atoms with Crippen LogP contribution in [0.15, 0.2) is 77.2 Å². The number of rotatable bonds is 1. The minimum Gasteiger partial charge on any atom is -0.435 e. The molecule has 1 heterocycles. The summed E-state index contributed by atoms with van der Waals surface area (Å²) in [5, 5.41) is 5.14. The van der Waals surface area contributed by atoms with Crippen molar-refractivity contribution < 1.29 is 4.42 Å². The number of aromatic nitrogens is 1. The van der Waals surface area contributed by atoms with Crippen LogP contribution in [0.25, 0.3) is 44.1 Å². The van der Waals surface area contributed by atoms with Gasteiger partial charge in [0.2, 0.25) is 5.89 Å². The van der Waals surface area contributed by atoms with E-state index in [0.717, 1.165) is 27.4 Å². The first-order valence-electron chi connectivity index (χ1n) is 7.76. The van der Waals surface area contributed by atoms with E-state index in [9.17, 15) is 0 Å². The molecule has 0 amide bonds. The van der Waals surface area contributed by atoms with E-state index in [-0.39, 0.29) is 0 Å². The molecule has 24 heavy (non-hydrogen) atoms. The predicted octanol–water partition coefficient (Wildman–Crippen LogP) is 6.45. The van der Waals surface area contributed by atoms with Gasteiger partial charge in [-0.3, -0.25) is 0 Å². The van der Waals surface area contributed by atoms with Crippen LogP contribution in [0.5, 0.6) is 0 Å². The zero-order chi connectivity index (χ0) is 16.1. The Hall–Kier alpha value is -2.84. The van der Waals surface area contributed by atoms with Crippen LogP contribution >= 0.6 is 11.6 Å². The average Bonchev–Trinajstić information content (AvgIpc) is 3.06. The Morgan fingerprint density at radius 1 is 0.750 bits per heavy atom. The van der Waals surface area contributed by atoms with Crippen molar-refractivity contribution >= 4 is 44.2 Å². The lowest BCUT2D eigenvalue weighted by molar-refractivity contribution is 0.623. The first kappa shape index (κ1) is 13.6. The predicted molar refractivity (Wildman–Crippen MR) is 99.5 cm³/mol. The molecule has 0 aliphatic heterocycles. The molecule has 2 nitrogen and oxygen atoms in total. The van der Waals surface area contributed by atoms with Gasteiger partial charge >= 0.3 is 0 Å². The first-order valence-corrected chi connectivity index (χ1v) is 8.14. The molecule has 0 aliphatic rings. The number of benzene rings is 4. The van der Waals surface area contributed by atoms with Gasteiger partial charge in [0.1, 0.15) is 5.52 Å². The van der Waals surface area contributed by atoms with Crippen LogP contribution in [0.1, 0.15) is 0 Å². The summed E-state index contributed by atoms with van der Waals surface area (Å²) in [7, 11) is 0. The topological polar surface area (TPSA) is 26.0 Å². The smallest absolute Gasteiger partial charge is 0.227 e. The second kappa shape index (κ2) is 5.08. The van der Waals surface area contributed by atoms with Crippen LogP contribution in [0.2, 0.25) is 5.02 Å². The third-order valence-corrected chi connectivity index (χ3v) is 4.57. The zero-order valence-corrected chi connectivity index (χ0v) is 13.4. The first-order chi connectivity index (χ1) is 11.8. The summed E-state index contributed by atoms with van der Waals surface area (Å²) in [6.45, 7) is 0. The highest BCUT2D eigenvalue weighted by Crippen LogP contribution is 2.32. The highest BCUT2D eigenvalue weighted by molar-refractivity contribution is 6.31. The third kappa shape index (κ3) is 2.08. The van der Waals surface area contributed by atoms with Gasteiger partial charge in [-0.2, -0.15) is 0 Å². The SMILES string of the molecule is Clc1ccc2ccc3nc(-c4ccc5ccccc5c4)oc3c2c1. The fourth-order valence-electron chi connectivity index (χ4n) is 3.12. The van der Waals surface area contributed by atoms with Gasteiger partial charge in [0.25, 0.3) is 0 Å². The summed E-state index contributed by atoms with van der Waals surface area (Å²) in [4.78, 5) is 4.66. The monoisotopic (exact) mass is 329 g/mol. The molecule has 5 rings (SSSR count). The van der Waals surface area contributed by atoms with Crippen molar-refractivity contribution in [2.24, 2.45) is 0 Å². The van der Waals surface area contributed by atoms with E-state index >= 15 is 0 Å². The zero-order valence-electron chi connectivity index (χ0n) is 12.7. The van der Waals surface area contributed by atoms with Gasteiger partial charge in [0.15, 0.2) is 5.58 Å². The molecule has 1 aromatic heterocycles. The van der Waals surface area contributed by atoms with Gasteiger partial charge in [0, 0.05) is 16.0 Å². The van der Waals surface area contributed by atoms with Crippen LogP contribution in [0.3, 0.4) is 0 Å². The van der Waals surface area contributed by atoms with Crippen molar-refractivity contribution in [3.05, 3.63) is 77.8 Å². The highest BCUT2D eigenvalue weighted by Gasteiger charge is 2.12. The minimum atomic E-state index is 0.628. The molecule has 0 bridgehead atoms. The van der Waals surface area contributed by atoms with Crippen molar-refractivity contribution in [1.82, 2.24) is 4.98 Å². The van der Waals surface area contributed by atoms with Gasteiger partial charge in [-0.1, -0.05) is 54.1 Å². The highest BCUT2D eigenvalue weighted by atomic mass is 35.5. The Balaban J connectivity index is 1.76. The van der Waals surface area contributed by atoms with E-state index in [1.54, 1.807) is 0 Å². The van der Waals surface area contributed by atoms with E-state index in [1.165, 1.54) is 10.8 Å². The lowest BCUT2D eigenvalue weighted by Crippen LogP contribution is -1.78. The van der Waals surface area contributed by atoms with Gasteiger partial charge in [-0.05, 0) is 46.5 Å². The molecule has 0 unspecified atom stereocenters. The Kier molecular flexibility index (Phi) is 2.88. The maximum Gasteiger partial charge on any atom is 0.227 e. The second-order valence-corrected chi connectivity index (χ2v) is 6.30. The Morgan fingerprint density at radius 2 is 1.54 bits per heavy atom. The van der Waals surface area contributed by atoms with Crippen molar-refractivity contribution in [3.63, 3.8) is 0 Å². The van der Waals surface area contributed by atoms with Crippen molar-refractivity contribution in [3.8, 4) is 11.5 Å². The fourth-order valence-corrected chi connectivity index (χ4v) is 3.29. The second-order valence-electron chi connectivity index (χ2n) is 5.86. The van der Waals surface area contributed by atoms with E-state index in [1.807, 2.05) is 48.5 Å². The van der Waals surface area contributed by atoms with Crippen LogP contribution in [-0.2, 0) is 0 Å². The van der Waals surface area contributed by atoms with Crippen molar-refractivity contribution in [2.45, 2.75) is 0 Å². The number of nitrogens with zero attached hydrogens (tertiary/aromatic N) is 1. The molecule has 114 valence electrons. The van der Waals surface area contributed by atoms with E-state index in [0.29, 0.717) is 10.9 Å². The maximum absolute atomic E-state index is 6.15. The van der Waals surface area contributed by atoms with Crippen LogP contribution < -0.4 is 0 Å². The summed E-state index contributed by atoms with van der Waals surface area (Å²) >= 11 is 6.15. The molecule has 0 aliphatic carbocycles. The Labute approximate surface area is 143 Å². The van der Waals surface area contributed by atoms with E-state index < -0.39 is 0 Å². The van der Waals surface area contributed by atoms with E-state index in [2.05, 4.69) is 29.2 Å². The number of halogens is 1. The normalized spacial score (nSPS) is 11.5. The summed E-state index contributed by atoms with van der Waals surface area (Å²) in [5.41, 5.74) is 2.59. The molecule has 0 saturated heterocycles. The van der Waals surface area contributed by atoms with Gasteiger partial charge in [-0.25, -0.2) is 4.98 Å². The molecular weight excluding hydrogens is 318 g/mol. The number of oxazole rings is 1. The number of hydrogen-bond acceptors (Lipinski definition) is 2. The lowest BCUT2D eigenvalue weighted by atomic mass is 10.1. The molecular formula is C21H12ClNO. The molecule has 0 fully saturated rings. The maximum atomic E-state index is 6.15. The molecule has 0 spiro atoms. The molecule has 4 aromatic carbocycles.